The molecule has 0 bridgehead atoms. The fourth-order valence-electron chi connectivity index (χ4n) is 3.45. The predicted octanol–water partition coefficient (Wildman–Crippen LogP) is 2.09. The van der Waals surface area contributed by atoms with Gasteiger partial charge >= 0.3 is 0 Å². The van der Waals surface area contributed by atoms with Crippen LogP contribution in [0.1, 0.15) is 37.7 Å². The lowest BCUT2D eigenvalue weighted by Crippen LogP contribution is -2.60. The Balaban J connectivity index is 1.72. The number of hydrogen-bond acceptors (Lipinski definition) is 2. The molecule has 3 rings (SSSR count). The summed E-state index contributed by atoms with van der Waals surface area (Å²) in [7, 11) is 0. The number of hydrogen-bond donors (Lipinski definition) is 1. The summed E-state index contributed by atoms with van der Waals surface area (Å²) in [4.78, 5) is 26.3. The highest BCUT2D eigenvalue weighted by Gasteiger charge is 2.37. The van der Waals surface area contributed by atoms with Crippen LogP contribution >= 0.6 is 0 Å². The Kier molecular flexibility index (Phi) is 4.23. The molecule has 0 radical (unpaired) electrons. The number of nitrogens with one attached hydrogen (secondary N) is 1. The summed E-state index contributed by atoms with van der Waals surface area (Å²) >= 11 is 0. The molecule has 1 atom stereocenters. The molecule has 1 aliphatic heterocycles. The number of amides is 2. The van der Waals surface area contributed by atoms with Crippen molar-refractivity contribution in [3.8, 4) is 0 Å². The van der Waals surface area contributed by atoms with E-state index < -0.39 is 0 Å². The van der Waals surface area contributed by atoms with Gasteiger partial charge in [0.25, 0.3) is 0 Å². The van der Waals surface area contributed by atoms with Crippen LogP contribution in [-0.2, 0) is 16.1 Å². The smallest absolute Gasteiger partial charge is 0.246 e. The number of carbonyl (C=O) groups is 2. The van der Waals surface area contributed by atoms with Gasteiger partial charge in [-0.05, 0) is 24.3 Å². The van der Waals surface area contributed by atoms with Gasteiger partial charge < -0.3 is 10.2 Å². The Labute approximate surface area is 125 Å². The lowest BCUT2D eigenvalue weighted by molar-refractivity contribution is -0.146. The van der Waals surface area contributed by atoms with E-state index in [1.807, 2.05) is 30.3 Å². The van der Waals surface area contributed by atoms with Crippen molar-refractivity contribution in [3.05, 3.63) is 35.9 Å². The highest BCUT2D eigenvalue weighted by Crippen LogP contribution is 2.28. The van der Waals surface area contributed by atoms with Gasteiger partial charge in [-0.1, -0.05) is 49.6 Å². The SMILES string of the molecule is O=C1CN(Cc2ccccc2)C(=O)C(C2CCCCC2)N1. The van der Waals surface area contributed by atoms with Gasteiger partial charge in [0.1, 0.15) is 6.04 Å². The maximum absolute atomic E-state index is 12.7. The van der Waals surface area contributed by atoms with E-state index in [9.17, 15) is 9.59 Å². The van der Waals surface area contributed by atoms with Crippen LogP contribution in [0.5, 0.6) is 0 Å². The zero-order chi connectivity index (χ0) is 14.7. The molecule has 1 aromatic rings. The summed E-state index contributed by atoms with van der Waals surface area (Å²) in [5.74, 6) is 0.375. The molecular weight excluding hydrogens is 264 g/mol. The summed E-state index contributed by atoms with van der Waals surface area (Å²) in [6.45, 7) is 0.702. The molecule has 112 valence electrons. The summed E-state index contributed by atoms with van der Waals surface area (Å²) in [6.07, 6.45) is 5.69. The molecule has 1 N–H and O–H groups in total. The molecule has 1 heterocycles. The minimum Gasteiger partial charge on any atom is -0.342 e. The minimum atomic E-state index is -0.310. The summed E-state index contributed by atoms with van der Waals surface area (Å²) in [6, 6.07) is 9.56. The normalized spacial score (nSPS) is 24.0. The Morgan fingerprint density at radius 1 is 1.05 bits per heavy atom. The van der Waals surface area contributed by atoms with Crippen LogP contribution in [-0.4, -0.2) is 29.3 Å². The number of rotatable bonds is 3. The number of nitrogens with zero attached hydrogens (tertiary/aromatic N) is 1. The van der Waals surface area contributed by atoms with Gasteiger partial charge in [-0.3, -0.25) is 9.59 Å². The molecule has 1 aliphatic carbocycles. The maximum atomic E-state index is 12.7. The third-order valence-electron chi connectivity index (χ3n) is 4.57. The Morgan fingerprint density at radius 3 is 2.48 bits per heavy atom. The molecule has 4 nitrogen and oxygen atoms in total. The number of piperazine rings is 1. The van der Waals surface area contributed by atoms with Gasteiger partial charge in [0, 0.05) is 6.54 Å². The first-order valence-electron chi connectivity index (χ1n) is 7.86. The van der Waals surface area contributed by atoms with Gasteiger partial charge in [-0.25, -0.2) is 0 Å². The topological polar surface area (TPSA) is 49.4 Å². The van der Waals surface area contributed by atoms with Crippen molar-refractivity contribution >= 4 is 11.8 Å². The molecule has 1 saturated heterocycles. The van der Waals surface area contributed by atoms with E-state index in [1.165, 1.54) is 19.3 Å². The summed E-state index contributed by atoms with van der Waals surface area (Å²) < 4.78 is 0. The summed E-state index contributed by atoms with van der Waals surface area (Å²) in [5, 5.41) is 2.92. The van der Waals surface area contributed by atoms with Crippen molar-refractivity contribution in [3.63, 3.8) is 0 Å². The highest BCUT2D eigenvalue weighted by molar-refractivity contribution is 5.95. The van der Waals surface area contributed by atoms with Gasteiger partial charge in [0.2, 0.25) is 11.8 Å². The lowest BCUT2D eigenvalue weighted by atomic mass is 9.82. The predicted molar refractivity (Wildman–Crippen MR) is 80.4 cm³/mol. The average Bonchev–Trinajstić information content (AvgIpc) is 2.52. The first kappa shape index (κ1) is 14.1. The third-order valence-corrected chi connectivity index (χ3v) is 4.57. The molecule has 0 spiro atoms. The molecule has 1 saturated carbocycles. The largest absolute Gasteiger partial charge is 0.342 e. The number of benzene rings is 1. The Morgan fingerprint density at radius 2 is 1.76 bits per heavy atom. The second kappa shape index (κ2) is 6.29. The van der Waals surface area contributed by atoms with Crippen LogP contribution in [0.4, 0.5) is 0 Å². The molecule has 2 amide bonds. The maximum Gasteiger partial charge on any atom is 0.246 e. The Hall–Kier alpha value is -1.84. The highest BCUT2D eigenvalue weighted by atomic mass is 16.2. The van der Waals surface area contributed by atoms with Crippen LogP contribution in [0.2, 0.25) is 0 Å². The molecule has 4 heteroatoms. The van der Waals surface area contributed by atoms with E-state index in [-0.39, 0.29) is 24.4 Å². The molecule has 1 aromatic carbocycles. The first-order chi connectivity index (χ1) is 10.2. The Bertz CT molecular complexity index is 509. The van der Waals surface area contributed by atoms with Crippen LogP contribution in [0.25, 0.3) is 0 Å². The lowest BCUT2D eigenvalue weighted by Gasteiger charge is -2.37. The van der Waals surface area contributed by atoms with Gasteiger partial charge in [-0.15, -0.1) is 0 Å². The first-order valence-corrected chi connectivity index (χ1v) is 7.86. The van der Waals surface area contributed by atoms with Crippen molar-refractivity contribution in [2.24, 2.45) is 5.92 Å². The van der Waals surface area contributed by atoms with Crippen molar-refractivity contribution in [2.75, 3.05) is 6.54 Å². The van der Waals surface area contributed by atoms with E-state index in [0.717, 1.165) is 18.4 Å². The van der Waals surface area contributed by atoms with Crippen molar-refractivity contribution in [2.45, 2.75) is 44.7 Å². The van der Waals surface area contributed by atoms with Crippen LogP contribution in [0.15, 0.2) is 30.3 Å². The molecule has 2 fully saturated rings. The van der Waals surface area contributed by atoms with Gasteiger partial charge in [0.15, 0.2) is 0 Å². The van der Waals surface area contributed by atoms with Crippen LogP contribution in [0, 0.1) is 5.92 Å². The van der Waals surface area contributed by atoms with Crippen LogP contribution < -0.4 is 5.32 Å². The summed E-state index contributed by atoms with van der Waals surface area (Å²) in [5.41, 5.74) is 1.07. The zero-order valence-corrected chi connectivity index (χ0v) is 12.3. The second-order valence-electron chi connectivity index (χ2n) is 6.12. The van der Waals surface area contributed by atoms with E-state index in [2.05, 4.69) is 5.32 Å². The van der Waals surface area contributed by atoms with Crippen LogP contribution in [0.3, 0.4) is 0 Å². The molecular formula is C17H22N2O2. The monoisotopic (exact) mass is 286 g/mol. The fourth-order valence-corrected chi connectivity index (χ4v) is 3.45. The minimum absolute atomic E-state index is 0.0268. The molecule has 0 aromatic heterocycles. The molecule has 2 aliphatic rings. The van der Waals surface area contributed by atoms with Gasteiger partial charge in [-0.2, -0.15) is 0 Å². The van der Waals surface area contributed by atoms with Crippen molar-refractivity contribution < 1.29 is 9.59 Å². The third kappa shape index (κ3) is 3.26. The van der Waals surface area contributed by atoms with Crippen molar-refractivity contribution in [1.29, 1.82) is 0 Å². The average molecular weight is 286 g/mol. The number of carbonyl (C=O) groups excluding carboxylic acids is 2. The molecule has 1 unspecified atom stereocenters. The quantitative estimate of drug-likeness (QED) is 0.925. The van der Waals surface area contributed by atoms with Gasteiger partial charge in [0.05, 0.1) is 6.54 Å². The standard InChI is InChI=1S/C17H22N2O2/c20-15-12-19(11-13-7-3-1-4-8-13)17(21)16(18-15)14-9-5-2-6-10-14/h1,3-4,7-8,14,16H,2,5-6,9-12H2,(H,18,20). The fraction of sp³-hybridized carbons (Fsp3) is 0.529. The van der Waals surface area contributed by atoms with E-state index in [4.69, 9.17) is 0 Å². The van der Waals surface area contributed by atoms with E-state index in [0.29, 0.717) is 12.5 Å². The second-order valence-corrected chi connectivity index (χ2v) is 6.12. The van der Waals surface area contributed by atoms with Crippen molar-refractivity contribution in [1.82, 2.24) is 10.2 Å². The van der Waals surface area contributed by atoms with E-state index in [1.54, 1.807) is 4.90 Å². The van der Waals surface area contributed by atoms with E-state index >= 15 is 0 Å². The molecule has 21 heavy (non-hydrogen) atoms. The zero-order valence-electron chi connectivity index (χ0n) is 12.3.